The van der Waals surface area contributed by atoms with Crippen LogP contribution in [0.4, 0.5) is 18.9 Å². The smallest absolute Gasteiger partial charge is 0.358 e. The average molecular weight is 362 g/mol. The van der Waals surface area contributed by atoms with Crippen LogP contribution in [0.5, 0.6) is 0 Å². The van der Waals surface area contributed by atoms with Crippen LogP contribution in [-0.4, -0.2) is 21.8 Å². The van der Waals surface area contributed by atoms with E-state index >= 15 is 0 Å². The Kier molecular flexibility index (Phi) is 4.61. The van der Waals surface area contributed by atoms with E-state index < -0.39 is 30.1 Å². The number of halogens is 3. The van der Waals surface area contributed by atoms with E-state index in [2.05, 4.69) is 20.6 Å². The van der Waals surface area contributed by atoms with Crippen LogP contribution in [0.2, 0.25) is 0 Å². The highest BCUT2D eigenvalue weighted by molar-refractivity contribution is 6.40. The molecule has 0 saturated heterocycles. The molecular weight excluding hydrogens is 349 g/mol. The second-order valence-corrected chi connectivity index (χ2v) is 5.39. The molecule has 26 heavy (non-hydrogen) atoms. The van der Waals surface area contributed by atoms with E-state index in [-0.39, 0.29) is 5.56 Å². The van der Waals surface area contributed by atoms with Gasteiger partial charge in [0.25, 0.3) is 0 Å². The van der Waals surface area contributed by atoms with Gasteiger partial charge in [-0.3, -0.25) is 14.6 Å². The van der Waals surface area contributed by atoms with E-state index in [0.29, 0.717) is 16.7 Å². The SMILES string of the molecule is O=C(NCc1ccccc1C(F)(F)F)C(=O)Nc1c[nH]c2cccnc12. The van der Waals surface area contributed by atoms with Gasteiger partial charge in [-0.15, -0.1) is 0 Å². The first kappa shape index (κ1) is 17.5. The molecule has 2 heterocycles. The fourth-order valence-corrected chi connectivity index (χ4v) is 2.44. The van der Waals surface area contributed by atoms with Crippen LogP contribution in [0.1, 0.15) is 11.1 Å². The Hall–Kier alpha value is -3.36. The molecule has 0 aliphatic heterocycles. The standard InChI is InChI=1S/C17H13F3N4O2/c18-17(19,20)11-5-2-1-4-10(11)8-23-15(25)16(26)24-13-9-22-12-6-3-7-21-14(12)13/h1-7,9,22H,8H2,(H,23,25)(H,24,26). The Morgan fingerprint density at radius 3 is 2.62 bits per heavy atom. The van der Waals surface area contributed by atoms with Crippen LogP contribution in [0.3, 0.4) is 0 Å². The molecule has 9 heteroatoms. The summed E-state index contributed by atoms with van der Waals surface area (Å²) in [5.74, 6) is -2.05. The number of rotatable bonds is 3. The molecule has 0 unspecified atom stereocenters. The predicted molar refractivity (Wildman–Crippen MR) is 88.0 cm³/mol. The first-order chi connectivity index (χ1) is 12.4. The van der Waals surface area contributed by atoms with Gasteiger partial charge < -0.3 is 15.6 Å². The highest BCUT2D eigenvalue weighted by Gasteiger charge is 2.33. The lowest BCUT2D eigenvalue weighted by Crippen LogP contribution is -2.35. The summed E-state index contributed by atoms with van der Waals surface area (Å²) in [5, 5.41) is 4.57. The molecule has 0 bridgehead atoms. The van der Waals surface area contributed by atoms with E-state index in [1.807, 2.05) is 0 Å². The monoisotopic (exact) mass is 362 g/mol. The normalized spacial score (nSPS) is 11.3. The Morgan fingerprint density at radius 1 is 1.08 bits per heavy atom. The van der Waals surface area contributed by atoms with Crippen LogP contribution in [0, 0.1) is 0 Å². The lowest BCUT2D eigenvalue weighted by atomic mass is 10.1. The van der Waals surface area contributed by atoms with Gasteiger partial charge in [-0.2, -0.15) is 13.2 Å². The van der Waals surface area contributed by atoms with Gasteiger partial charge in [-0.1, -0.05) is 18.2 Å². The number of H-pyrrole nitrogens is 1. The summed E-state index contributed by atoms with van der Waals surface area (Å²) in [6, 6.07) is 8.28. The minimum absolute atomic E-state index is 0.130. The van der Waals surface area contributed by atoms with Gasteiger partial charge >= 0.3 is 18.0 Å². The summed E-state index contributed by atoms with van der Waals surface area (Å²) in [6.07, 6.45) is -1.54. The van der Waals surface area contributed by atoms with Crippen molar-refractivity contribution in [1.29, 1.82) is 0 Å². The second kappa shape index (κ2) is 6.87. The summed E-state index contributed by atoms with van der Waals surface area (Å²) in [6.45, 7) is -0.423. The Labute approximate surface area is 145 Å². The summed E-state index contributed by atoms with van der Waals surface area (Å²) < 4.78 is 38.8. The maximum atomic E-state index is 12.9. The van der Waals surface area contributed by atoms with Crippen LogP contribution >= 0.6 is 0 Å². The first-order valence-corrected chi connectivity index (χ1v) is 7.52. The van der Waals surface area contributed by atoms with Gasteiger partial charge in [0.15, 0.2) is 0 Å². The van der Waals surface area contributed by atoms with Crippen molar-refractivity contribution >= 4 is 28.5 Å². The molecule has 134 valence electrons. The fourth-order valence-electron chi connectivity index (χ4n) is 2.44. The summed E-state index contributed by atoms with van der Waals surface area (Å²) in [5.41, 5.74) is 0.450. The number of aromatic nitrogens is 2. The van der Waals surface area contributed by atoms with Crippen molar-refractivity contribution in [1.82, 2.24) is 15.3 Å². The highest BCUT2D eigenvalue weighted by atomic mass is 19.4. The van der Waals surface area contributed by atoms with Crippen molar-refractivity contribution in [3.05, 3.63) is 59.9 Å². The van der Waals surface area contributed by atoms with Crippen LogP contribution in [0.15, 0.2) is 48.8 Å². The molecule has 0 aliphatic rings. The largest absolute Gasteiger partial charge is 0.416 e. The maximum absolute atomic E-state index is 12.9. The number of anilines is 1. The van der Waals surface area contributed by atoms with E-state index in [4.69, 9.17) is 0 Å². The van der Waals surface area contributed by atoms with E-state index in [1.165, 1.54) is 30.6 Å². The van der Waals surface area contributed by atoms with Crippen molar-refractivity contribution < 1.29 is 22.8 Å². The molecule has 0 fully saturated rings. The molecule has 3 aromatic rings. The molecular formula is C17H13F3N4O2. The van der Waals surface area contributed by atoms with Crippen molar-refractivity contribution in [3.63, 3.8) is 0 Å². The van der Waals surface area contributed by atoms with Gasteiger partial charge in [-0.05, 0) is 23.8 Å². The van der Waals surface area contributed by atoms with Gasteiger partial charge in [0.1, 0.15) is 5.52 Å². The molecule has 6 nitrogen and oxygen atoms in total. The lowest BCUT2D eigenvalue weighted by Gasteiger charge is -2.13. The van der Waals surface area contributed by atoms with E-state index in [9.17, 15) is 22.8 Å². The lowest BCUT2D eigenvalue weighted by molar-refractivity contribution is -0.139. The fraction of sp³-hybridized carbons (Fsp3) is 0.118. The quantitative estimate of drug-likeness (QED) is 0.626. The molecule has 3 N–H and O–H groups in total. The van der Waals surface area contributed by atoms with Crippen molar-refractivity contribution in [2.24, 2.45) is 0 Å². The van der Waals surface area contributed by atoms with E-state index in [0.717, 1.165) is 6.07 Å². The van der Waals surface area contributed by atoms with Crippen molar-refractivity contribution in [2.45, 2.75) is 12.7 Å². The minimum atomic E-state index is -4.54. The molecule has 3 rings (SSSR count). The zero-order chi connectivity index (χ0) is 18.7. The maximum Gasteiger partial charge on any atom is 0.416 e. The molecule has 2 amide bonds. The van der Waals surface area contributed by atoms with Crippen LogP contribution < -0.4 is 10.6 Å². The van der Waals surface area contributed by atoms with Crippen molar-refractivity contribution in [3.8, 4) is 0 Å². The third kappa shape index (κ3) is 3.66. The third-order valence-electron chi connectivity index (χ3n) is 3.65. The molecule has 0 spiro atoms. The second-order valence-electron chi connectivity index (χ2n) is 5.39. The topological polar surface area (TPSA) is 86.9 Å². The molecule has 0 saturated carbocycles. The van der Waals surface area contributed by atoms with Gasteiger partial charge in [-0.25, -0.2) is 0 Å². The number of aromatic amines is 1. The Bertz CT molecular complexity index is 966. The zero-order valence-electron chi connectivity index (χ0n) is 13.2. The van der Waals surface area contributed by atoms with Gasteiger partial charge in [0.05, 0.1) is 16.8 Å². The number of fused-ring (bicyclic) bond motifs is 1. The zero-order valence-corrected chi connectivity index (χ0v) is 13.2. The summed E-state index contributed by atoms with van der Waals surface area (Å²) in [7, 11) is 0. The Morgan fingerprint density at radius 2 is 1.85 bits per heavy atom. The van der Waals surface area contributed by atoms with Crippen molar-refractivity contribution in [2.75, 3.05) is 5.32 Å². The van der Waals surface area contributed by atoms with Gasteiger partial charge in [0.2, 0.25) is 0 Å². The number of alkyl halides is 3. The molecule has 0 atom stereocenters. The highest BCUT2D eigenvalue weighted by Crippen LogP contribution is 2.31. The Balaban J connectivity index is 1.67. The van der Waals surface area contributed by atoms with Gasteiger partial charge in [0, 0.05) is 18.9 Å². The van der Waals surface area contributed by atoms with Crippen LogP contribution in [0.25, 0.3) is 11.0 Å². The molecule has 0 aliphatic carbocycles. The number of nitrogens with one attached hydrogen (secondary N) is 3. The minimum Gasteiger partial charge on any atom is -0.358 e. The molecule has 2 aromatic heterocycles. The number of hydrogen-bond donors (Lipinski definition) is 3. The number of amides is 2. The summed E-state index contributed by atoms with van der Waals surface area (Å²) in [4.78, 5) is 30.8. The number of carbonyl (C=O) groups excluding carboxylic acids is 2. The average Bonchev–Trinajstić information content (AvgIpc) is 3.02. The number of carbonyl (C=O) groups is 2. The molecule has 1 aromatic carbocycles. The number of hydrogen-bond acceptors (Lipinski definition) is 3. The predicted octanol–water partition coefficient (Wildman–Crippen LogP) is 2.84. The summed E-state index contributed by atoms with van der Waals surface area (Å²) >= 11 is 0. The first-order valence-electron chi connectivity index (χ1n) is 7.52. The number of pyridine rings is 1. The number of benzene rings is 1. The van der Waals surface area contributed by atoms with E-state index in [1.54, 1.807) is 12.1 Å². The third-order valence-corrected chi connectivity index (χ3v) is 3.65. The number of nitrogens with zero attached hydrogens (tertiary/aromatic N) is 1. The molecule has 0 radical (unpaired) electrons. The van der Waals surface area contributed by atoms with Crippen LogP contribution in [-0.2, 0) is 22.3 Å².